The summed E-state index contributed by atoms with van der Waals surface area (Å²) in [6.45, 7) is 0.313. The third-order valence-corrected chi connectivity index (χ3v) is 4.08. The summed E-state index contributed by atoms with van der Waals surface area (Å²) in [6.07, 6.45) is 2.56. The van der Waals surface area contributed by atoms with Crippen LogP contribution in [0, 0.1) is 5.41 Å². The molecule has 1 fully saturated rings. The minimum Gasteiger partial charge on any atom is -0.329 e. The third-order valence-electron chi connectivity index (χ3n) is 3.56. The first-order valence-corrected chi connectivity index (χ1v) is 7.81. The first-order chi connectivity index (χ1) is 9.35. The second-order valence-corrected chi connectivity index (χ2v) is 6.31. The van der Waals surface area contributed by atoms with Crippen molar-refractivity contribution < 1.29 is 13.2 Å². The number of carbonyl (C=O) groups is 1. The van der Waals surface area contributed by atoms with Crippen molar-refractivity contribution in [3.63, 3.8) is 0 Å². The highest BCUT2D eigenvalue weighted by atomic mass is 32.2. The molecule has 0 saturated heterocycles. The van der Waals surface area contributed by atoms with Gasteiger partial charge in [0, 0.05) is 12.2 Å². The van der Waals surface area contributed by atoms with Gasteiger partial charge in [-0.05, 0) is 31.0 Å². The van der Waals surface area contributed by atoms with Gasteiger partial charge in [0.25, 0.3) is 10.2 Å². The summed E-state index contributed by atoms with van der Waals surface area (Å²) in [4.78, 5) is 12.2. The minimum absolute atomic E-state index is 0.126. The van der Waals surface area contributed by atoms with E-state index in [-0.39, 0.29) is 5.91 Å². The fourth-order valence-electron chi connectivity index (χ4n) is 2.22. The molecule has 1 aromatic rings. The fourth-order valence-corrected chi connectivity index (χ4v) is 2.67. The fraction of sp³-hybridized carbons (Fsp3) is 0.417. The lowest BCUT2D eigenvalue weighted by Crippen LogP contribution is -2.47. The molecule has 0 unspecified atom stereocenters. The van der Waals surface area contributed by atoms with E-state index in [1.807, 2.05) is 0 Å². The van der Waals surface area contributed by atoms with Crippen LogP contribution in [0.5, 0.6) is 0 Å². The van der Waals surface area contributed by atoms with Crippen LogP contribution in [0.4, 0.5) is 11.4 Å². The van der Waals surface area contributed by atoms with Crippen molar-refractivity contribution >= 4 is 27.5 Å². The average Bonchev–Trinajstić information content (AvgIpc) is 2.26. The first-order valence-electron chi connectivity index (χ1n) is 6.27. The maximum Gasteiger partial charge on any atom is 0.296 e. The molecule has 0 spiro atoms. The van der Waals surface area contributed by atoms with Crippen molar-refractivity contribution in [2.75, 3.05) is 16.6 Å². The molecule has 0 atom stereocenters. The molecular weight excluding hydrogens is 280 g/mol. The van der Waals surface area contributed by atoms with Crippen molar-refractivity contribution in [2.45, 2.75) is 19.3 Å². The molecule has 0 heterocycles. The van der Waals surface area contributed by atoms with E-state index in [2.05, 4.69) is 10.0 Å². The van der Waals surface area contributed by atoms with Gasteiger partial charge in [-0.15, -0.1) is 0 Å². The Morgan fingerprint density at radius 3 is 2.45 bits per heavy atom. The normalized spacial score (nSPS) is 17.1. The molecule has 2 rings (SSSR count). The molecule has 8 heteroatoms. The molecule has 7 nitrogen and oxygen atoms in total. The van der Waals surface area contributed by atoms with Crippen LogP contribution >= 0.6 is 0 Å². The quantitative estimate of drug-likeness (QED) is 0.626. The Hall–Kier alpha value is -1.64. The van der Waals surface area contributed by atoms with Crippen molar-refractivity contribution in [2.24, 2.45) is 16.3 Å². The highest BCUT2D eigenvalue weighted by Crippen LogP contribution is 2.40. The zero-order chi connectivity index (χ0) is 14.8. The smallest absolute Gasteiger partial charge is 0.296 e. The maximum atomic E-state index is 12.2. The molecule has 110 valence electrons. The summed E-state index contributed by atoms with van der Waals surface area (Å²) in [5, 5.41) is 7.66. The Labute approximate surface area is 117 Å². The summed E-state index contributed by atoms with van der Waals surface area (Å²) in [5.41, 5.74) is 5.98. The van der Waals surface area contributed by atoms with E-state index in [9.17, 15) is 13.2 Å². The predicted molar refractivity (Wildman–Crippen MR) is 77.1 cm³/mol. The van der Waals surface area contributed by atoms with E-state index in [1.54, 1.807) is 18.2 Å². The van der Waals surface area contributed by atoms with E-state index >= 15 is 0 Å². The highest BCUT2D eigenvalue weighted by Gasteiger charge is 2.42. The van der Waals surface area contributed by atoms with Crippen molar-refractivity contribution in [3.8, 4) is 0 Å². The molecular formula is C12H18N4O3S. The SMILES string of the molecule is NCC1(C(=O)Nc2cccc(NS(N)(=O)=O)c2)CCC1. The van der Waals surface area contributed by atoms with E-state index in [0.717, 1.165) is 19.3 Å². The predicted octanol–water partition coefficient (Wildman–Crippen LogP) is 0.369. The van der Waals surface area contributed by atoms with Crippen LogP contribution in [-0.4, -0.2) is 20.9 Å². The lowest BCUT2D eigenvalue weighted by molar-refractivity contribution is -0.129. The zero-order valence-corrected chi connectivity index (χ0v) is 11.7. The lowest BCUT2D eigenvalue weighted by atomic mass is 9.68. The number of anilines is 2. The zero-order valence-electron chi connectivity index (χ0n) is 10.9. The summed E-state index contributed by atoms with van der Waals surface area (Å²) in [7, 11) is -3.83. The number of benzene rings is 1. The Bertz CT molecular complexity index is 605. The van der Waals surface area contributed by atoms with Crippen LogP contribution in [0.15, 0.2) is 24.3 Å². The Morgan fingerprint density at radius 1 is 1.30 bits per heavy atom. The number of nitrogens with two attached hydrogens (primary N) is 2. The number of carbonyl (C=O) groups excluding carboxylic acids is 1. The number of hydrogen-bond acceptors (Lipinski definition) is 4. The monoisotopic (exact) mass is 298 g/mol. The van der Waals surface area contributed by atoms with Crippen LogP contribution in [0.1, 0.15) is 19.3 Å². The van der Waals surface area contributed by atoms with Gasteiger partial charge in [-0.25, -0.2) is 5.14 Å². The molecule has 1 amide bonds. The molecule has 20 heavy (non-hydrogen) atoms. The van der Waals surface area contributed by atoms with Crippen LogP contribution in [0.3, 0.4) is 0 Å². The lowest BCUT2D eigenvalue weighted by Gasteiger charge is -2.39. The van der Waals surface area contributed by atoms with Gasteiger partial charge in [-0.1, -0.05) is 12.5 Å². The van der Waals surface area contributed by atoms with Crippen molar-refractivity contribution in [3.05, 3.63) is 24.3 Å². The van der Waals surface area contributed by atoms with Crippen molar-refractivity contribution in [1.29, 1.82) is 0 Å². The van der Waals surface area contributed by atoms with E-state index < -0.39 is 15.6 Å². The summed E-state index contributed by atoms with van der Waals surface area (Å²) < 4.78 is 24.1. The number of hydrogen-bond donors (Lipinski definition) is 4. The van der Waals surface area contributed by atoms with Gasteiger partial charge in [-0.2, -0.15) is 8.42 Å². The Kier molecular flexibility index (Phi) is 3.98. The maximum absolute atomic E-state index is 12.2. The van der Waals surface area contributed by atoms with Gasteiger partial charge in [-0.3, -0.25) is 9.52 Å². The number of nitrogens with one attached hydrogen (secondary N) is 2. The second-order valence-electron chi connectivity index (χ2n) is 5.02. The topological polar surface area (TPSA) is 127 Å². The van der Waals surface area contributed by atoms with Gasteiger partial charge >= 0.3 is 0 Å². The Morgan fingerprint density at radius 2 is 1.95 bits per heavy atom. The number of rotatable bonds is 5. The van der Waals surface area contributed by atoms with Crippen LogP contribution in [0.25, 0.3) is 0 Å². The first kappa shape index (κ1) is 14.8. The van der Waals surface area contributed by atoms with E-state index in [0.29, 0.717) is 17.9 Å². The molecule has 1 aliphatic carbocycles. The molecule has 6 N–H and O–H groups in total. The van der Waals surface area contributed by atoms with Gasteiger partial charge < -0.3 is 11.1 Å². The van der Waals surface area contributed by atoms with E-state index in [1.165, 1.54) is 6.07 Å². The summed E-state index contributed by atoms with van der Waals surface area (Å²) in [6, 6.07) is 6.35. The van der Waals surface area contributed by atoms with E-state index in [4.69, 9.17) is 10.9 Å². The molecule has 0 bridgehead atoms. The van der Waals surface area contributed by atoms with Crippen LogP contribution in [0.2, 0.25) is 0 Å². The van der Waals surface area contributed by atoms with Gasteiger partial charge in [0.2, 0.25) is 5.91 Å². The summed E-state index contributed by atoms with van der Waals surface area (Å²) in [5.74, 6) is -0.126. The molecule has 0 aliphatic heterocycles. The van der Waals surface area contributed by atoms with Crippen molar-refractivity contribution in [1.82, 2.24) is 0 Å². The van der Waals surface area contributed by atoms with Gasteiger partial charge in [0.15, 0.2) is 0 Å². The standard InChI is InChI=1S/C12H18N4O3S/c13-8-12(5-2-6-12)11(17)15-9-3-1-4-10(7-9)16-20(14,18)19/h1,3-4,7,16H,2,5-6,8,13H2,(H,15,17)(H2,14,18,19). The molecule has 1 aliphatic rings. The van der Waals surface area contributed by atoms with Crippen LogP contribution < -0.4 is 20.9 Å². The minimum atomic E-state index is -3.83. The summed E-state index contributed by atoms with van der Waals surface area (Å²) >= 11 is 0. The highest BCUT2D eigenvalue weighted by molar-refractivity contribution is 7.90. The van der Waals surface area contributed by atoms with Gasteiger partial charge in [0.05, 0.1) is 11.1 Å². The number of amides is 1. The van der Waals surface area contributed by atoms with Gasteiger partial charge in [0.1, 0.15) is 0 Å². The second kappa shape index (κ2) is 5.39. The molecule has 1 saturated carbocycles. The molecule has 0 aromatic heterocycles. The molecule has 0 radical (unpaired) electrons. The molecule has 1 aromatic carbocycles. The van der Waals surface area contributed by atoms with Crippen LogP contribution in [-0.2, 0) is 15.0 Å². The average molecular weight is 298 g/mol. The third kappa shape index (κ3) is 3.27. The largest absolute Gasteiger partial charge is 0.329 e. The Balaban J connectivity index is 2.10.